The van der Waals surface area contributed by atoms with Gasteiger partial charge in [-0.15, -0.1) is 0 Å². The third kappa shape index (κ3) is 3.01. The van der Waals surface area contributed by atoms with Gasteiger partial charge in [-0.25, -0.2) is 0 Å². The second-order valence-electron chi connectivity index (χ2n) is 6.06. The first-order valence-corrected chi connectivity index (χ1v) is 6.84. The summed E-state index contributed by atoms with van der Waals surface area (Å²) >= 11 is 0. The monoisotopic (exact) mass is 266 g/mol. The molecule has 19 heavy (non-hydrogen) atoms. The van der Waals surface area contributed by atoms with Crippen molar-refractivity contribution in [1.82, 2.24) is 9.78 Å². The molecule has 6 heteroatoms. The molecule has 0 aromatic carbocycles. The topological polar surface area (TPSA) is 56.5 Å². The number of aryl methyl sites for hydroxylation is 1. The van der Waals surface area contributed by atoms with Gasteiger partial charge in [0.25, 0.3) is 0 Å². The number of aromatic nitrogens is 2. The molecule has 0 radical (unpaired) electrons. The van der Waals surface area contributed by atoms with Crippen LogP contribution in [0.25, 0.3) is 0 Å². The quantitative estimate of drug-likeness (QED) is 0.637. The highest BCUT2D eigenvalue weighted by molar-refractivity contribution is 6.61. The van der Waals surface area contributed by atoms with E-state index in [1.165, 1.54) is 0 Å². The van der Waals surface area contributed by atoms with E-state index < -0.39 is 0 Å². The fraction of sp³-hybridized carbons (Fsp3) is 0.769. The standard InChI is InChI=1S/C13H23BN2O3/c1-12(2)13(3,4)19-14(18-12)11-9-15-16(10-11)7-5-6-8-17/h9-10,17H,5-8H2,1-4H3. The van der Waals surface area contributed by atoms with Gasteiger partial charge in [0.05, 0.1) is 11.2 Å². The van der Waals surface area contributed by atoms with Gasteiger partial charge in [0.1, 0.15) is 0 Å². The molecule has 5 nitrogen and oxygen atoms in total. The number of unbranched alkanes of at least 4 members (excludes halogenated alkanes) is 1. The second-order valence-corrected chi connectivity index (χ2v) is 6.06. The van der Waals surface area contributed by atoms with Crippen molar-refractivity contribution in [3.63, 3.8) is 0 Å². The van der Waals surface area contributed by atoms with Gasteiger partial charge in [0.2, 0.25) is 0 Å². The van der Waals surface area contributed by atoms with Crippen molar-refractivity contribution in [3.05, 3.63) is 12.4 Å². The van der Waals surface area contributed by atoms with Crippen LogP contribution in [0.2, 0.25) is 0 Å². The molecule has 1 saturated heterocycles. The Morgan fingerprint density at radius 3 is 2.42 bits per heavy atom. The number of aliphatic hydroxyl groups is 1. The summed E-state index contributed by atoms with van der Waals surface area (Å²) in [7, 11) is -0.350. The maximum atomic E-state index is 8.77. The summed E-state index contributed by atoms with van der Waals surface area (Å²) in [5.74, 6) is 0. The molecule has 1 aliphatic heterocycles. The second kappa shape index (κ2) is 5.27. The SMILES string of the molecule is CC1(C)OB(c2cnn(CCCCO)c2)OC1(C)C. The Hall–Kier alpha value is -0.845. The molecule has 1 aliphatic rings. The van der Waals surface area contributed by atoms with E-state index in [2.05, 4.69) is 5.10 Å². The fourth-order valence-corrected chi connectivity index (χ4v) is 1.99. The van der Waals surface area contributed by atoms with E-state index in [9.17, 15) is 0 Å². The van der Waals surface area contributed by atoms with Gasteiger partial charge in [0, 0.05) is 31.0 Å². The first-order chi connectivity index (χ1) is 8.86. The number of nitrogens with zero attached hydrogens (tertiary/aromatic N) is 2. The Morgan fingerprint density at radius 2 is 1.84 bits per heavy atom. The average molecular weight is 266 g/mol. The molecule has 2 heterocycles. The molecule has 1 aromatic heterocycles. The average Bonchev–Trinajstić information content (AvgIpc) is 2.83. The van der Waals surface area contributed by atoms with E-state index in [0.717, 1.165) is 24.8 Å². The zero-order chi connectivity index (χ0) is 14.1. The zero-order valence-electron chi connectivity index (χ0n) is 12.2. The Balaban J connectivity index is 2.00. The highest BCUT2D eigenvalue weighted by Crippen LogP contribution is 2.36. The smallest absolute Gasteiger partial charge is 0.399 e. The van der Waals surface area contributed by atoms with Crippen LogP contribution in [0, 0.1) is 0 Å². The number of hydrogen-bond donors (Lipinski definition) is 1. The van der Waals surface area contributed by atoms with Crippen LogP contribution >= 0.6 is 0 Å². The van der Waals surface area contributed by atoms with Crippen molar-refractivity contribution >= 4 is 12.6 Å². The lowest BCUT2D eigenvalue weighted by Crippen LogP contribution is -2.41. The Labute approximate surface area is 115 Å². The van der Waals surface area contributed by atoms with Crippen LogP contribution in [0.1, 0.15) is 40.5 Å². The first-order valence-electron chi connectivity index (χ1n) is 6.84. The lowest BCUT2D eigenvalue weighted by atomic mass is 9.82. The van der Waals surface area contributed by atoms with Crippen LogP contribution in [0.5, 0.6) is 0 Å². The number of aliphatic hydroxyl groups excluding tert-OH is 1. The van der Waals surface area contributed by atoms with Crippen LogP contribution < -0.4 is 5.46 Å². The van der Waals surface area contributed by atoms with Gasteiger partial charge in [-0.05, 0) is 40.5 Å². The lowest BCUT2D eigenvalue weighted by molar-refractivity contribution is 0.00578. The Morgan fingerprint density at radius 1 is 1.21 bits per heavy atom. The molecular weight excluding hydrogens is 243 g/mol. The maximum absolute atomic E-state index is 8.77. The third-order valence-electron chi connectivity index (χ3n) is 3.97. The van der Waals surface area contributed by atoms with Gasteiger partial charge in [-0.3, -0.25) is 4.68 Å². The molecule has 1 aromatic rings. The summed E-state index contributed by atoms with van der Waals surface area (Å²) in [6.45, 7) is 9.19. The molecule has 0 aliphatic carbocycles. The predicted octanol–water partition coefficient (Wildman–Crippen LogP) is 0.955. The van der Waals surface area contributed by atoms with Gasteiger partial charge in [-0.1, -0.05) is 0 Å². The van der Waals surface area contributed by atoms with Crippen LogP contribution in [0.15, 0.2) is 12.4 Å². The minimum atomic E-state index is -0.350. The molecule has 0 unspecified atom stereocenters. The van der Waals surface area contributed by atoms with Crippen LogP contribution in [-0.2, 0) is 15.9 Å². The normalized spacial score (nSPS) is 21.0. The molecular formula is C13H23BN2O3. The van der Waals surface area contributed by atoms with E-state index in [-0.39, 0.29) is 24.9 Å². The van der Waals surface area contributed by atoms with Crippen LogP contribution in [-0.4, -0.2) is 39.8 Å². The van der Waals surface area contributed by atoms with Crippen molar-refractivity contribution in [2.75, 3.05) is 6.61 Å². The molecule has 2 rings (SSSR count). The summed E-state index contributed by atoms with van der Waals surface area (Å²) in [5, 5.41) is 13.1. The van der Waals surface area contributed by atoms with Crippen molar-refractivity contribution in [2.45, 2.75) is 58.3 Å². The minimum absolute atomic E-state index is 0.228. The van der Waals surface area contributed by atoms with E-state index in [4.69, 9.17) is 14.4 Å². The van der Waals surface area contributed by atoms with Crippen LogP contribution in [0.3, 0.4) is 0 Å². The predicted molar refractivity (Wildman–Crippen MR) is 74.3 cm³/mol. The Kier molecular flexibility index (Phi) is 4.04. The molecule has 0 bridgehead atoms. The van der Waals surface area contributed by atoms with Crippen molar-refractivity contribution in [2.24, 2.45) is 0 Å². The van der Waals surface area contributed by atoms with Crippen molar-refractivity contribution < 1.29 is 14.4 Å². The van der Waals surface area contributed by atoms with Crippen LogP contribution in [0.4, 0.5) is 0 Å². The molecule has 0 saturated carbocycles. The van der Waals surface area contributed by atoms with Gasteiger partial charge in [0.15, 0.2) is 0 Å². The molecule has 0 spiro atoms. The summed E-state index contributed by atoms with van der Waals surface area (Å²) in [4.78, 5) is 0. The molecule has 106 valence electrons. The van der Waals surface area contributed by atoms with E-state index >= 15 is 0 Å². The molecule has 0 atom stereocenters. The molecule has 0 amide bonds. The van der Waals surface area contributed by atoms with Crippen molar-refractivity contribution in [1.29, 1.82) is 0 Å². The number of hydrogen-bond acceptors (Lipinski definition) is 4. The summed E-state index contributed by atoms with van der Waals surface area (Å²) in [6.07, 6.45) is 5.47. The fourth-order valence-electron chi connectivity index (χ4n) is 1.99. The van der Waals surface area contributed by atoms with E-state index in [0.29, 0.717) is 0 Å². The lowest BCUT2D eigenvalue weighted by Gasteiger charge is -2.32. The molecule has 1 fully saturated rings. The maximum Gasteiger partial charge on any atom is 0.498 e. The minimum Gasteiger partial charge on any atom is -0.399 e. The summed E-state index contributed by atoms with van der Waals surface area (Å²) in [6, 6.07) is 0. The summed E-state index contributed by atoms with van der Waals surface area (Å²) in [5.41, 5.74) is 0.301. The largest absolute Gasteiger partial charge is 0.498 e. The first kappa shape index (κ1) is 14.6. The third-order valence-corrected chi connectivity index (χ3v) is 3.97. The van der Waals surface area contributed by atoms with E-state index in [1.54, 1.807) is 6.20 Å². The van der Waals surface area contributed by atoms with Gasteiger partial charge >= 0.3 is 7.12 Å². The van der Waals surface area contributed by atoms with Gasteiger partial charge in [-0.2, -0.15) is 5.10 Å². The highest BCUT2D eigenvalue weighted by Gasteiger charge is 2.52. The van der Waals surface area contributed by atoms with Gasteiger partial charge < -0.3 is 14.4 Å². The van der Waals surface area contributed by atoms with E-state index in [1.807, 2.05) is 38.6 Å². The van der Waals surface area contributed by atoms with Crippen molar-refractivity contribution in [3.8, 4) is 0 Å². The zero-order valence-corrected chi connectivity index (χ0v) is 12.2. The number of rotatable bonds is 5. The summed E-state index contributed by atoms with van der Waals surface area (Å²) < 4.78 is 13.8. The Bertz CT molecular complexity index is 415. The molecule has 1 N–H and O–H groups in total. The highest BCUT2D eigenvalue weighted by atomic mass is 16.7.